The van der Waals surface area contributed by atoms with Crippen LogP contribution in [0.25, 0.3) is 0 Å². The first kappa shape index (κ1) is 8.09. The summed E-state index contributed by atoms with van der Waals surface area (Å²) in [5.74, 6) is 0. The third-order valence-electron chi connectivity index (χ3n) is 1.38. The first-order chi connectivity index (χ1) is 5.25. The molecule has 0 aliphatic carbocycles. The molecule has 0 radical (unpaired) electrons. The monoisotopic (exact) mass is 210 g/mol. The van der Waals surface area contributed by atoms with Crippen LogP contribution in [-0.2, 0) is 0 Å². The first-order valence-electron chi connectivity index (χ1n) is 3.16. The van der Waals surface area contributed by atoms with Gasteiger partial charge in [0.15, 0.2) is 6.19 Å². The minimum absolute atomic E-state index is 0.813. The van der Waals surface area contributed by atoms with E-state index in [4.69, 9.17) is 5.26 Å². The third kappa shape index (κ3) is 1.72. The smallest absolute Gasteiger partial charge is 0.181 e. The standard InChI is InChI=1S/C8H7BrN2/c1-6-3-2-4-7(8(6)9)11-5-10/h2-4,11H,1H3. The van der Waals surface area contributed by atoms with Gasteiger partial charge in [0.05, 0.1) is 5.69 Å². The van der Waals surface area contributed by atoms with Crippen molar-refractivity contribution in [2.75, 3.05) is 5.32 Å². The lowest BCUT2D eigenvalue weighted by Crippen LogP contribution is -1.89. The van der Waals surface area contributed by atoms with Gasteiger partial charge in [-0.15, -0.1) is 0 Å². The average Bonchev–Trinajstić information content (AvgIpc) is 1.99. The summed E-state index contributed by atoms with van der Waals surface area (Å²) >= 11 is 3.37. The van der Waals surface area contributed by atoms with Crippen molar-refractivity contribution in [1.82, 2.24) is 0 Å². The molecule has 3 heteroatoms. The lowest BCUT2D eigenvalue weighted by atomic mass is 10.2. The van der Waals surface area contributed by atoms with Gasteiger partial charge in [-0.2, -0.15) is 5.26 Å². The molecule has 0 spiro atoms. The van der Waals surface area contributed by atoms with Crippen molar-refractivity contribution in [3.05, 3.63) is 28.2 Å². The van der Waals surface area contributed by atoms with E-state index in [2.05, 4.69) is 21.2 Å². The fourth-order valence-corrected chi connectivity index (χ4v) is 1.17. The molecular formula is C8H7BrN2. The predicted molar refractivity (Wildman–Crippen MR) is 48.1 cm³/mol. The van der Waals surface area contributed by atoms with Crippen molar-refractivity contribution < 1.29 is 0 Å². The number of nitrogens with one attached hydrogen (secondary N) is 1. The van der Waals surface area contributed by atoms with Crippen molar-refractivity contribution in [2.24, 2.45) is 0 Å². The molecule has 0 bridgehead atoms. The Morgan fingerprint density at radius 3 is 2.91 bits per heavy atom. The SMILES string of the molecule is Cc1cccc(NC#N)c1Br. The summed E-state index contributed by atoms with van der Waals surface area (Å²) in [5.41, 5.74) is 1.93. The third-order valence-corrected chi connectivity index (χ3v) is 2.43. The van der Waals surface area contributed by atoms with Crippen LogP contribution < -0.4 is 5.32 Å². The van der Waals surface area contributed by atoms with Gasteiger partial charge in [-0.25, -0.2) is 0 Å². The van der Waals surface area contributed by atoms with Crippen molar-refractivity contribution >= 4 is 21.6 Å². The summed E-state index contributed by atoms with van der Waals surface area (Å²) in [7, 11) is 0. The lowest BCUT2D eigenvalue weighted by Gasteiger charge is -2.02. The van der Waals surface area contributed by atoms with Crippen LogP contribution in [0.2, 0.25) is 0 Å². The van der Waals surface area contributed by atoms with Crippen LogP contribution in [0.15, 0.2) is 22.7 Å². The molecule has 56 valence electrons. The van der Waals surface area contributed by atoms with E-state index < -0.39 is 0 Å². The number of nitrogens with zero attached hydrogens (tertiary/aromatic N) is 1. The zero-order valence-electron chi connectivity index (χ0n) is 6.06. The van der Waals surface area contributed by atoms with Gasteiger partial charge in [0.2, 0.25) is 0 Å². The van der Waals surface area contributed by atoms with E-state index in [-0.39, 0.29) is 0 Å². The molecule has 0 atom stereocenters. The van der Waals surface area contributed by atoms with Gasteiger partial charge in [-0.1, -0.05) is 12.1 Å². The number of halogens is 1. The lowest BCUT2D eigenvalue weighted by molar-refractivity contribution is 1.40. The highest BCUT2D eigenvalue weighted by Crippen LogP contribution is 2.24. The molecule has 11 heavy (non-hydrogen) atoms. The number of rotatable bonds is 1. The number of nitriles is 1. The van der Waals surface area contributed by atoms with E-state index in [9.17, 15) is 0 Å². The van der Waals surface area contributed by atoms with Crippen LogP contribution in [0.1, 0.15) is 5.56 Å². The number of anilines is 1. The zero-order valence-corrected chi connectivity index (χ0v) is 7.64. The fraction of sp³-hybridized carbons (Fsp3) is 0.125. The summed E-state index contributed by atoms with van der Waals surface area (Å²) in [6.45, 7) is 1.98. The van der Waals surface area contributed by atoms with Crippen molar-refractivity contribution in [3.63, 3.8) is 0 Å². The van der Waals surface area contributed by atoms with E-state index >= 15 is 0 Å². The highest BCUT2D eigenvalue weighted by molar-refractivity contribution is 9.10. The summed E-state index contributed by atoms with van der Waals surface area (Å²) in [6, 6.07) is 5.73. The minimum Gasteiger partial charge on any atom is -0.292 e. The van der Waals surface area contributed by atoms with Crippen LogP contribution >= 0.6 is 15.9 Å². The molecule has 2 nitrogen and oxygen atoms in total. The molecule has 0 heterocycles. The Labute approximate surface area is 74.0 Å². The Morgan fingerprint density at radius 1 is 1.55 bits per heavy atom. The molecule has 0 aliphatic rings. The molecule has 0 saturated carbocycles. The Bertz CT molecular complexity index is 301. The minimum atomic E-state index is 0.813. The first-order valence-corrected chi connectivity index (χ1v) is 3.95. The number of hydrogen-bond acceptors (Lipinski definition) is 2. The molecule has 1 aromatic carbocycles. The highest BCUT2D eigenvalue weighted by Gasteiger charge is 1.99. The quantitative estimate of drug-likeness (QED) is 0.572. The summed E-state index contributed by atoms with van der Waals surface area (Å²) in [6.07, 6.45) is 1.87. The van der Waals surface area contributed by atoms with Crippen LogP contribution in [-0.4, -0.2) is 0 Å². The molecule has 1 aromatic rings. The fourth-order valence-electron chi connectivity index (χ4n) is 0.804. The summed E-state index contributed by atoms with van der Waals surface area (Å²) in [5, 5.41) is 10.9. The van der Waals surface area contributed by atoms with Gasteiger partial charge >= 0.3 is 0 Å². The normalized spacial score (nSPS) is 8.82. The average molecular weight is 211 g/mol. The molecule has 0 unspecified atom stereocenters. The number of hydrogen-bond donors (Lipinski definition) is 1. The Kier molecular flexibility index (Phi) is 2.50. The van der Waals surface area contributed by atoms with Gasteiger partial charge in [-0.05, 0) is 34.5 Å². The van der Waals surface area contributed by atoms with Crippen LogP contribution in [0.5, 0.6) is 0 Å². The highest BCUT2D eigenvalue weighted by atomic mass is 79.9. The molecular weight excluding hydrogens is 204 g/mol. The molecule has 0 saturated heterocycles. The summed E-state index contributed by atoms with van der Waals surface area (Å²) in [4.78, 5) is 0. The van der Waals surface area contributed by atoms with Crippen molar-refractivity contribution in [1.29, 1.82) is 5.26 Å². The van der Waals surface area contributed by atoms with Crippen LogP contribution in [0, 0.1) is 18.4 Å². The molecule has 0 amide bonds. The van der Waals surface area contributed by atoms with Gasteiger partial charge in [0.25, 0.3) is 0 Å². The maximum absolute atomic E-state index is 8.35. The van der Waals surface area contributed by atoms with E-state index in [0.717, 1.165) is 15.7 Å². The van der Waals surface area contributed by atoms with E-state index in [1.165, 1.54) is 0 Å². The number of aryl methyl sites for hydroxylation is 1. The maximum Gasteiger partial charge on any atom is 0.181 e. The van der Waals surface area contributed by atoms with E-state index in [1.807, 2.05) is 31.3 Å². The Morgan fingerprint density at radius 2 is 2.27 bits per heavy atom. The van der Waals surface area contributed by atoms with E-state index in [0.29, 0.717) is 0 Å². The Hall–Kier alpha value is -1.01. The largest absolute Gasteiger partial charge is 0.292 e. The Balaban J connectivity index is 3.08. The maximum atomic E-state index is 8.35. The molecule has 1 N–H and O–H groups in total. The molecule has 0 aliphatic heterocycles. The van der Waals surface area contributed by atoms with Crippen molar-refractivity contribution in [2.45, 2.75) is 6.92 Å². The van der Waals surface area contributed by atoms with Crippen molar-refractivity contribution in [3.8, 4) is 6.19 Å². The second kappa shape index (κ2) is 3.40. The van der Waals surface area contributed by atoms with Gasteiger partial charge in [0.1, 0.15) is 0 Å². The van der Waals surface area contributed by atoms with Gasteiger partial charge in [-0.3, -0.25) is 5.32 Å². The van der Waals surface area contributed by atoms with Gasteiger partial charge < -0.3 is 0 Å². The topological polar surface area (TPSA) is 35.8 Å². The van der Waals surface area contributed by atoms with Gasteiger partial charge in [0, 0.05) is 4.47 Å². The molecule has 0 fully saturated rings. The summed E-state index contributed by atoms with van der Waals surface area (Å²) < 4.78 is 0.946. The second-order valence-corrected chi connectivity index (χ2v) is 2.97. The number of benzene rings is 1. The van der Waals surface area contributed by atoms with Crippen LogP contribution in [0.3, 0.4) is 0 Å². The zero-order chi connectivity index (χ0) is 8.27. The second-order valence-electron chi connectivity index (χ2n) is 2.17. The van der Waals surface area contributed by atoms with Crippen LogP contribution in [0.4, 0.5) is 5.69 Å². The predicted octanol–water partition coefficient (Wildman–Crippen LogP) is 2.65. The van der Waals surface area contributed by atoms with E-state index in [1.54, 1.807) is 0 Å². The molecule has 0 aromatic heterocycles. The molecule has 1 rings (SSSR count).